The normalized spacial score (nSPS) is 15.2. The molecule has 138 valence electrons. The van der Waals surface area contributed by atoms with Crippen LogP contribution in [0.25, 0.3) is 16.7 Å². The summed E-state index contributed by atoms with van der Waals surface area (Å²) in [5, 5.41) is 9.64. The standard InChI is InChI=1S/C21H22N4O2/c1-3-27-21(26)15-8-10-24(11-9-15)19-12-14(2)16(13-22)20-23-17-6-4-5-7-18(17)25(19)20/h4-7,12,15H,3,8-11H2,1-2H3/p+1. The minimum atomic E-state index is -0.0851. The summed E-state index contributed by atoms with van der Waals surface area (Å²) in [7, 11) is 0. The van der Waals surface area contributed by atoms with Crippen LogP contribution in [0.1, 0.15) is 30.9 Å². The van der Waals surface area contributed by atoms with Crippen molar-refractivity contribution in [3.8, 4) is 6.07 Å². The molecule has 6 heteroatoms. The summed E-state index contributed by atoms with van der Waals surface area (Å²) < 4.78 is 7.31. The molecule has 0 bridgehead atoms. The fraction of sp³-hybridized carbons (Fsp3) is 0.381. The quantitative estimate of drug-likeness (QED) is 0.574. The SMILES string of the molecule is CCOC(=O)C1CCN(c2cc(C)c(C#N)c3[nH]c4ccccc4[n+]23)CC1. The molecule has 0 unspecified atom stereocenters. The molecular formula is C21H23N4O2+. The summed E-state index contributed by atoms with van der Waals surface area (Å²) in [5.74, 6) is 0.948. The second-order valence-electron chi connectivity index (χ2n) is 7.01. The second kappa shape index (κ2) is 6.92. The van der Waals surface area contributed by atoms with Gasteiger partial charge < -0.3 is 4.74 Å². The predicted molar refractivity (Wildman–Crippen MR) is 102 cm³/mol. The Hall–Kier alpha value is -3.07. The van der Waals surface area contributed by atoms with Gasteiger partial charge in [0.1, 0.15) is 22.7 Å². The maximum Gasteiger partial charge on any atom is 0.309 e. The predicted octanol–water partition coefficient (Wildman–Crippen LogP) is 2.87. The summed E-state index contributed by atoms with van der Waals surface area (Å²) in [5.41, 5.74) is 4.48. The first-order valence-corrected chi connectivity index (χ1v) is 9.41. The van der Waals surface area contributed by atoms with Crippen LogP contribution in [0.15, 0.2) is 30.3 Å². The fourth-order valence-corrected chi connectivity index (χ4v) is 3.99. The smallest absolute Gasteiger partial charge is 0.309 e. The van der Waals surface area contributed by atoms with Crippen molar-refractivity contribution in [2.45, 2.75) is 26.7 Å². The van der Waals surface area contributed by atoms with Gasteiger partial charge in [0, 0.05) is 6.07 Å². The number of imidazole rings is 1. The van der Waals surface area contributed by atoms with Gasteiger partial charge >= 0.3 is 5.97 Å². The van der Waals surface area contributed by atoms with Gasteiger partial charge in [0.05, 0.1) is 25.6 Å². The van der Waals surface area contributed by atoms with Gasteiger partial charge in [0.2, 0.25) is 11.5 Å². The van der Waals surface area contributed by atoms with E-state index in [0.29, 0.717) is 12.2 Å². The zero-order valence-electron chi connectivity index (χ0n) is 15.7. The zero-order valence-corrected chi connectivity index (χ0v) is 15.7. The van der Waals surface area contributed by atoms with Crippen molar-refractivity contribution in [1.29, 1.82) is 5.26 Å². The molecule has 3 aromatic rings. The van der Waals surface area contributed by atoms with Crippen LogP contribution >= 0.6 is 0 Å². The molecule has 27 heavy (non-hydrogen) atoms. The average Bonchev–Trinajstić information content (AvgIpc) is 3.07. The average molecular weight is 363 g/mol. The number of para-hydroxylation sites is 2. The third-order valence-electron chi connectivity index (χ3n) is 5.38. The Kier molecular flexibility index (Phi) is 4.44. The molecule has 1 aliphatic rings. The van der Waals surface area contributed by atoms with Gasteiger partial charge in [0.25, 0.3) is 0 Å². The number of nitrogens with one attached hydrogen (secondary N) is 1. The Labute approximate surface area is 158 Å². The number of hydrogen-bond acceptors (Lipinski definition) is 4. The van der Waals surface area contributed by atoms with E-state index >= 15 is 0 Å². The summed E-state index contributed by atoms with van der Waals surface area (Å²) >= 11 is 0. The monoisotopic (exact) mass is 363 g/mol. The van der Waals surface area contributed by atoms with Crippen molar-refractivity contribution in [3.63, 3.8) is 0 Å². The van der Waals surface area contributed by atoms with Gasteiger partial charge in [-0.2, -0.15) is 9.66 Å². The summed E-state index contributed by atoms with van der Waals surface area (Å²) in [4.78, 5) is 17.7. The van der Waals surface area contributed by atoms with E-state index in [2.05, 4.69) is 32.5 Å². The molecule has 4 rings (SSSR count). The molecule has 2 aromatic heterocycles. The van der Waals surface area contributed by atoms with Gasteiger partial charge in [-0.25, -0.2) is 0 Å². The highest BCUT2D eigenvalue weighted by Gasteiger charge is 2.31. The molecule has 0 amide bonds. The Morgan fingerprint density at radius 2 is 2.11 bits per heavy atom. The molecule has 1 saturated heterocycles. The first kappa shape index (κ1) is 17.3. The maximum absolute atomic E-state index is 12.0. The van der Waals surface area contributed by atoms with Gasteiger partial charge in [-0.1, -0.05) is 12.1 Å². The van der Waals surface area contributed by atoms with Gasteiger partial charge in [0.15, 0.2) is 0 Å². The number of piperidine rings is 1. The van der Waals surface area contributed by atoms with Crippen molar-refractivity contribution in [2.75, 3.05) is 24.6 Å². The Morgan fingerprint density at radius 3 is 2.81 bits per heavy atom. The molecule has 0 atom stereocenters. The number of nitriles is 1. The third-order valence-corrected chi connectivity index (χ3v) is 5.38. The molecule has 0 aliphatic carbocycles. The van der Waals surface area contributed by atoms with E-state index in [9.17, 15) is 10.1 Å². The van der Waals surface area contributed by atoms with Gasteiger partial charge in [-0.15, -0.1) is 0 Å². The number of aryl methyl sites for hydroxylation is 1. The number of pyridine rings is 1. The number of nitrogens with zero attached hydrogens (tertiary/aromatic N) is 3. The topological polar surface area (TPSA) is 73.2 Å². The summed E-state index contributed by atoms with van der Waals surface area (Å²) in [6.45, 7) is 5.82. The third kappa shape index (κ3) is 2.89. The number of anilines is 1. The first-order chi connectivity index (χ1) is 13.1. The lowest BCUT2D eigenvalue weighted by Crippen LogP contribution is -2.42. The number of fused-ring (bicyclic) bond motifs is 3. The van der Waals surface area contributed by atoms with E-state index in [1.165, 1.54) is 0 Å². The first-order valence-electron chi connectivity index (χ1n) is 9.41. The van der Waals surface area contributed by atoms with Crippen molar-refractivity contribution in [2.24, 2.45) is 5.92 Å². The van der Waals surface area contributed by atoms with E-state index in [0.717, 1.165) is 54.0 Å². The van der Waals surface area contributed by atoms with Crippen molar-refractivity contribution in [1.82, 2.24) is 4.98 Å². The summed E-state index contributed by atoms with van der Waals surface area (Å²) in [6, 6.07) is 12.5. The molecule has 1 aromatic carbocycles. The van der Waals surface area contributed by atoms with E-state index in [4.69, 9.17) is 4.74 Å². The van der Waals surface area contributed by atoms with Gasteiger partial charge in [-0.3, -0.25) is 14.7 Å². The van der Waals surface area contributed by atoms with Crippen molar-refractivity contribution >= 4 is 28.5 Å². The number of carbonyl (C=O) groups is 1. The van der Waals surface area contributed by atoms with E-state index in [1.54, 1.807) is 0 Å². The molecule has 0 spiro atoms. The van der Waals surface area contributed by atoms with Gasteiger partial charge in [-0.05, 0) is 44.4 Å². The Balaban J connectivity index is 1.77. The largest absolute Gasteiger partial charge is 0.466 e. The zero-order chi connectivity index (χ0) is 19.0. The van der Waals surface area contributed by atoms with Crippen LogP contribution < -0.4 is 9.30 Å². The molecule has 3 heterocycles. The fourth-order valence-electron chi connectivity index (χ4n) is 3.99. The molecule has 1 N–H and O–H groups in total. The number of benzene rings is 1. The maximum atomic E-state index is 12.0. The molecule has 0 saturated carbocycles. The molecule has 6 nitrogen and oxygen atoms in total. The Bertz CT molecular complexity index is 1060. The highest BCUT2D eigenvalue weighted by Crippen LogP contribution is 2.26. The number of esters is 1. The van der Waals surface area contributed by atoms with Crippen LogP contribution in [-0.4, -0.2) is 30.6 Å². The molecule has 0 radical (unpaired) electrons. The van der Waals surface area contributed by atoms with Crippen LogP contribution in [0.2, 0.25) is 0 Å². The number of ether oxygens (including phenoxy) is 1. The minimum absolute atomic E-state index is 0.0239. The molecule has 1 fully saturated rings. The van der Waals surface area contributed by atoms with Crippen LogP contribution in [0.5, 0.6) is 0 Å². The number of hydrogen-bond donors (Lipinski definition) is 1. The number of carbonyl (C=O) groups excluding carboxylic acids is 1. The van der Waals surface area contributed by atoms with Crippen LogP contribution in [0, 0.1) is 24.2 Å². The Morgan fingerprint density at radius 1 is 1.37 bits per heavy atom. The molecular weight excluding hydrogens is 340 g/mol. The van der Waals surface area contributed by atoms with Crippen molar-refractivity contribution < 1.29 is 13.9 Å². The molecule has 1 aliphatic heterocycles. The minimum Gasteiger partial charge on any atom is -0.466 e. The number of rotatable bonds is 3. The van der Waals surface area contributed by atoms with E-state index in [1.807, 2.05) is 32.0 Å². The number of aromatic amines is 1. The lowest BCUT2D eigenvalue weighted by atomic mass is 9.97. The second-order valence-corrected chi connectivity index (χ2v) is 7.01. The summed E-state index contributed by atoms with van der Waals surface area (Å²) in [6.07, 6.45) is 1.56. The lowest BCUT2D eigenvalue weighted by Gasteiger charge is -2.28. The number of H-pyrrole nitrogens is 1. The van der Waals surface area contributed by atoms with Crippen LogP contribution in [0.3, 0.4) is 0 Å². The van der Waals surface area contributed by atoms with Crippen LogP contribution in [-0.2, 0) is 9.53 Å². The highest BCUT2D eigenvalue weighted by molar-refractivity contribution is 5.77. The van der Waals surface area contributed by atoms with Crippen LogP contribution in [0.4, 0.5) is 5.82 Å². The lowest BCUT2D eigenvalue weighted by molar-refractivity contribution is -0.467. The van der Waals surface area contributed by atoms with E-state index in [-0.39, 0.29) is 11.9 Å². The van der Waals surface area contributed by atoms with Crippen molar-refractivity contribution in [3.05, 3.63) is 41.5 Å². The van der Waals surface area contributed by atoms with E-state index < -0.39 is 0 Å². The highest BCUT2D eigenvalue weighted by atomic mass is 16.5. The number of aromatic nitrogens is 2.